The Kier molecular flexibility index (Phi) is 4.73. The number of hydrogen-bond donors (Lipinski definition) is 1. The second kappa shape index (κ2) is 6.59. The van der Waals surface area contributed by atoms with Gasteiger partial charge in [-0.3, -0.25) is 9.69 Å². The first-order valence-corrected chi connectivity index (χ1v) is 8.73. The summed E-state index contributed by atoms with van der Waals surface area (Å²) < 4.78 is 0. The van der Waals surface area contributed by atoms with E-state index in [-0.39, 0.29) is 11.9 Å². The molecule has 0 saturated heterocycles. The van der Waals surface area contributed by atoms with Gasteiger partial charge in [0, 0.05) is 22.5 Å². The monoisotopic (exact) mass is 354 g/mol. The second-order valence-corrected chi connectivity index (χ2v) is 7.21. The normalized spacial score (nSPS) is 18.0. The van der Waals surface area contributed by atoms with Crippen molar-refractivity contribution in [3.8, 4) is 0 Å². The van der Waals surface area contributed by atoms with Gasteiger partial charge in [-0.15, -0.1) is 11.3 Å². The molecule has 1 unspecified atom stereocenters. The fourth-order valence-electron chi connectivity index (χ4n) is 2.74. The molecule has 2 heterocycles. The maximum Gasteiger partial charge on any atom is 0.238 e. The zero-order chi connectivity index (χ0) is 15.7. The van der Waals surface area contributed by atoms with E-state index in [2.05, 4.69) is 28.6 Å². The van der Waals surface area contributed by atoms with Gasteiger partial charge in [0.2, 0.25) is 5.91 Å². The Balaban J connectivity index is 1.66. The lowest BCUT2D eigenvalue weighted by molar-refractivity contribution is -0.117. The average molecular weight is 355 g/mol. The summed E-state index contributed by atoms with van der Waals surface area (Å²) in [7, 11) is 0. The topological polar surface area (TPSA) is 32.3 Å². The third-order valence-corrected chi connectivity index (χ3v) is 5.51. The smallest absolute Gasteiger partial charge is 0.238 e. The van der Waals surface area contributed by atoms with Gasteiger partial charge in [-0.25, -0.2) is 0 Å². The SMILES string of the molecule is CC1c2ccsc2CCN1CC(=O)Nc1cc(Cl)ccc1Cl. The summed E-state index contributed by atoms with van der Waals surface area (Å²) in [4.78, 5) is 15.9. The number of hydrogen-bond acceptors (Lipinski definition) is 3. The number of nitrogens with one attached hydrogen (secondary N) is 1. The molecule has 1 N–H and O–H groups in total. The Labute approximate surface area is 143 Å². The minimum absolute atomic E-state index is 0.0744. The molecule has 0 saturated carbocycles. The van der Waals surface area contributed by atoms with Crippen LogP contribution in [0, 0.1) is 0 Å². The third kappa shape index (κ3) is 3.30. The molecule has 0 radical (unpaired) electrons. The van der Waals surface area contributed by atoms with Crippen molar-refractivity contribution in [2.75, 3.05) is 18.4 Å². The van der Waals surface area contributed by atoms with Gasteiger partial charge < -0.3 is 5.32 Å². The molecule has 2 aromatic rings. The molecule has 1 aliphatic rings. The van der Waals surface area contributed by atoms with Crippen molar-refractivity contribution >= 4 is 46.1 Å². The number of anilines is 1. The number of carbonyl (C=O) groups is 1. The first-order valence-electron chi connectivity index (χ1n) is 7.10. The highest BCUT2D eigenvalue weighted by atomic mass is 35.5. The standard InChI is InChI=1S/C16H16Cl2N2OS/c1-10-12-5-7-22-15(12)4-6-20(10)9-16(21)19-14-8-11(17)2-3-13(14)18/h2-3,5,7-8,10H,4,6,9H2,1H3,(H,19,21). The lowest BCUT2D eigenvalue weighted by atomic mass is 10.0. The van der Waals surface area contributed by atoms with Gasteiger partial charge in [0.1, 0.15) is 0 Å². The van der Waals surface area contributed by atoms with Gasteiger partial charge in [-0.2, -0.15) is 0 Å². The molecular formula is C16H16Cl2N2OS. The van der Waals surface area contributed by atoms with E-state index in [0.29, 0.717) is 22.3 Å². The molecule has 1 aliphatic heterocycles. The van der Waals surface area contributed by atoms with E-state index in [1.807, 2.05) is 0 Å². The Bertz CT molecular complexity index is 701. The van der Waals surface area contributed by atoms with E-state index in [4.69, 9.17) is 23.2 Å². The molecule has 3 nitrogen and oxygen atoms in total. The Morgan fingerprint density at radius 3 is 3.05 bits per heavy atom. The highest BCUT2D eigenvalue weighted by Gasteiger charge is 2.26. The number of thiophene rings is 1. The maximum absolute atomic E-state index is 12.3. The number of carbonyl (C=O) groups excluding carboxylic acids is 1. The lowest BCUT2D eigenvalue weighted by Crippen LogP contribution is -2.39. The summed E-state index contributed by atoms with van der Waals surface area (Å²) in [5, 5.41) is 6.00. The molecule has 0 spiro atoms. The third-order valence-electron chi connectivity index (χ3n) is 3.95. The molecule has 3 rings (SSSR count). The van der Waals surface area contributed by atoms with Crippen LogP contribution >= 0.6 is 34.5 Å². The van der Waals surface area contributed by atoms with E-state index in [1.165, 1.54) is 10.4 Å². The first kappa shape index (κ1) is 15.8. The number of halogens is 2. The van der Waals surface area contributed by atoms with Crippen LogP contribution in [0.25, 0.3) is 0 Å². The number of fused-ring (bicyclic) bond motifs is 1. The molecule has 0 bridgehead atoms. The van der Waals surface area contributed by atoms with Crippen LogP contribution in [0.4, 0.5) is 5.69 Å². The van der Waals surface area contributed by atoms with Crippen molar-refractivity contribution in [2.45, 2.75) is 19.4 Å². The number of nitrogens with zero attached hydrogens (tertiary/aromatic N) is 1. The van der Waals surface area contributed by atoms with E-state index in [1.54, 1.807) is 29.5 Å². The second-order valence-electron chi connectivity index (χ2n) is 5.37. The predicted octanol–water partition coefficient (Wildman–Crippen LogP) is 4.61. The van der Waals surface area contributed by atoms with Crippen LogP contribution in [0.1, 0.15) is 23.4 Å². The maximum atomic E-state index is 12.3. The van der Waals surface area contributed by atoms with Crippen molar-refractivity contribution in [3.05, 3.63) is 50.1 Å². The van der Waals surface area contributed by atoms with E-state index >= 15 is 0 Å². The first-order chi connectivity index (χ1) is 10.5. The molecule has 1 amide bonds. The fraction of sp³-hybridized carbons (Fsp3) is 0.312. The molecule has 1 aromatic carbocycles. The minimum Gasteiger partial charge on any atom is -0.324 e. The summed E-state index contributed by atoms with van der Waals surface area (Å²) in [6.07, 6.45) is 1.00. The summed E-state index contributed by atoms with van der Waals surface area (Å²) in [6, 6.07) is 7.46. The van der Waals surface area contributed by atoms with Crippen LogP contribution in [0.5, 0.6) is 0 Å². The summed E-state index contributed by atoms with van der Waals surface area (Å²) in [5.41, 5.74) is 1.89. The van der Waals surface area contributed by atoms with Crippen LogP contribution in [0.3, 0.4) is 0 Å². The van der Waals surface area contributed by atoms with Crippen LogP contribution in [0.2, 0.25) is 10.0 Å². The largest absolute Gasteiger partial charge is 0.324 e. The zero-order valence-corrected chi connectivity index (χ0v) is 14.4. The Morgan fingerprint density at radius 1 is 1.41 bits per heavy atom. The van der Waals surface area contributed by atoms with Crippen molar-refractivity contribution in [2.24, 2.45) is 0 Å². The van der Waals surface area contributed by atoms with Gasteiger partial charge in [0.15, 0.2) is 0 Å². The van der Waals surface area contributed by atoms with Crippen LogP contribution in [0.15, 0.2) is 29.6 Å². The van der Waals surface area contributed by atoms with Crippen molar-refractivity contribution < 1.29 is 4.79 Å². The number of rotatable bonds is 3. The molecule has 22 heavy (non-hydrogen) atoms. The number of benzene rings is 1. The average Bonchev–Trinajstić information content (AvgIpc) is 2.95. The fourth-order valence-corrected chi connectivity index (χ4v) is 4.04. The minimum atomic E-state index is -0.0744. The molecule has 0 fully saturated rings. The van der Waals surface area contributed by atoms with E-state index < -0.39 is 0 Å². The number of amides is 1. The van der Waals surface area contributed by atoms with Crippen LogP contribution in [-0.2, 0) is 11.2 Å². The van der Waals surface area contributed by atoms with Crippen molar-refractivity contribution in [1.29, 1.82) is 0 Å². The molecule has 6 heteroatoms. The molecule has 0 aliphatic carbocycles. The highest BCUT2D eigenvalue weighted by Crippen LogP contribution is 2.32. The van der Waals surface area contributed by atoms with Gasteiger partial charge in [-0.1, -0.05) is 23.2 Å². The van der Waals surface area contributed by atoms with Gasteiger partial charge in [-0.05, 0) is 48.6 Å². The van der Waals surface area contributed by atoms with Crippen molar-refractivity contribution in [3.63, 3.8) is 0 Å². The Morgan fingerprint density at radius 2 is 2.23 bits per heavy atom. The van der Waals surface area contributed by atoms with Gasteiger partial charge >= 0.3 is 0 Å². The Hall–Kier alpha value is -1.07. The zero-order valence-electron chi connectivity index (χ0n) is 12.1. The van der Waals surface area contributed by atoms with Gasteiger partial charge in [0.05, 0.1) is 17.3 Å². The summed E-state index contributed by atoms with van der Waals surface area (Å²) in [6.45, 7) is 3.38. The van der Waals surface area contributed by atoms with Crippen LogP contribution in [-0.4, -0.2) is 23.9 Å². The molecular weight excluding hydrogens is 339 g/mol. The molecule has 116 valence electrons. The molecule has 1 atom stereocenters. The predicted molar refractivity (Wildman–Crippen MR) is 93.1 cm³/mol. The lowest BCUT2D eigenvalue weighted by Gasteiger charge is -2.32. The van der Waals surface area contributed by atoms with Gasteiger partial charge in [0.25, 0.3) is 0 Å². The van der Waals surface area contributed by atoms with E-state index in [0.717, 1.165) is 13.0 Å². The summed E-state index contributed by atoms with van der Waals surface area (Å²) in [5.74, 6) is -0.0744. The quantitative estimate of drug-likeness (QED) is 0.872. The highest BCUT2D eigenvalue weighted by molar-refractivity contribution is 7.10. The van der Waals surface area contributed by atoms with Crippen LogP contribution < -0.4 is 5.32 Å². The van der Waals surface area contributed by atoms with Crippen molar-refractivity contribution in [1.82, 2.24) is 4.90 Å². The summed E-state index contributed by atoms with van der Waals surface area (Å²) >= 11 is 13.8. The molecule has 1 aromatic heterocycles. The van der Waals surface area contributed by atoms with E-state index in [9.17, 15) is 4.79 Å².